The van der Waals surface area contributed by atoms with Crippen LogP contribution in [0, 0.1) is 29.6 Å². The number of allylic oxidation sites excluding steroid dienone is 2. The van der Waals surface area contributed by atoms with Gasteiger partial charge in [-0.05, 0) is 55.8 Å². The van der Waals surface area contributed by atoms with Crippen molar-refractivity contribution in [2.45, 2.75) is 83.3 Å². The molecule has 3 rings (SSSR count). The van der Waals surface area contributed by atoms with Crippen LogP contribution in [-0.4, -0.2) is 33.5 Å². The van der Waals surface area contributed by atoms with E-state index < -0.39 is 5.97 Å². The lowest BCUT2D eigenvalue weighted by atomic mass is 9.86. The fourth-order valence-electron chi connectivity index (χ4n) is 5.58. The van der Waals surface area contributed by atoms with E-state index in [9.17, 15) is 15.0 Å². The summed E-state index contributed by atoms with van der Waals surface area (Å²) in [6, 6.07) is 0. The van der Waals surface area contributed by atoms with E-state index in [1.165, 1.54) is 31.3 Å². The largest absolute Gasteiger partial charge is 0.481 e. The number of rotatable bonds is 9. The highest BCUT2D eigenvalue weighted by atomic mass is 16.4. The second-order valence-corrected chi connectivity index (χ2v) is 9.18. The third-order valence-electron chi connectivity index (χ3n) is 7.17. The summed E-state index contributed by atoms with van der Waals surface area (Å²) in [5.74, 6) is 1.37. The number of hydrogen-bond donors (Lipinski definition) is 3. The summed E-state index contributed by atoms with van der Waals surface area (Å²) in [7, 11) is 0. The van der Waals surface area contributed by atoms with Crippen molar-refractivity contribution in [2.24, 2.45) is 29.6 Å². The van der Waals surface area contributed by atoms with E-state index in [0.29, 0.717) is 23.7 Å². The molecule has 4 nitrogen and oxygen atoms in total. The topological polar surface area (TPSA) is 77.8 Å². The van der Waals surface area contributed by atoms with Crippen LogP contribution in [0.2, 0.25) is 0 Å². The monoisotopic (exact) mass is 376 g/mol. The minimum Gasteiger partial charge on any atom is -0.481 e. The van der Waals surface area contributed by atoms with Crippen LogP contribution in [0.4, 0.5) is 0 Å². The van der Waals surface area contributed by atoms with Gasteiger partial charge in [-0.3, -0.25) is 4.79 Å². The SMILES string of the molecule is CC(CCCC(=O)O)C1=CC2C[C@@H](O)[C@H](/C=C/C(O)CC3CCCC3)C2C1. The highest BCUT2D eigenvalue weighted by Gasteiger charge is 2.43. The van der Waals surface area contributed by atoms with Crippen LogP contribution in [0.1, 0.15) is 71.1 Å². The van der Waals surface area contributed by atoms with Crippen LogP contribution in [0.25, 0.3) is 0 Å². The van der Waals surface area contributed by atoms with Crippen molar-refractivity contribution in [3.63, 3.8) is 0 Å². The fourth-order valence-corrected chi connectivity index (χ4v) is 5.58. The zero-order valence-electron chi connectivity index (χ0n) is 16.6. The Balaban J connectivity index is 1.50. The van der Waals surface area contributed by atoms with E-state index in [2.05, 4.69) is 19.1 Å². The lowest BCUT2D eigenvalue weighted by Crippen LogP contribution is -2.19. The molecule has 4 unspecified atom stereocenters. The third-order valence-corrected chi connectivity index (χ3v) is 7.17. The summed E-state index contributed by atoms with van der Waals surface area (Å²) in [5, 5.41) is 29.7. The van der Waals surface area contributed by atoms with Crippen molar-refractivity contribution in [3.8, 4) is 0 Å². The molecule has 2 fully saturated rings. The molecule has 0 spiro atoms. The molecule has 3 aliphatic rings. The molecule has 3 N–H and O–H groups in total. The van der Waals surface area contributed by atoms with Gasteiger partial charge in [0.15, 0.2) is 0 Å². The Labute approximate surface area is 163 Å². The average molecular weight is 377 g/mol. The van der Waals surface area contributed by atoms with Crippen molar-refractivity contribution >= 4 is 5.97 Å². The predicted molar refractivity (Wildman–Crippen MR) is 106 cm³/mol. The van der Waals surface area contributed by atoms with E-state index in [4.69, 9.17) is 5.11 Å². The quantitative estimate of drug-likeness (QED) is 0.524. The fraction of sp³-hybridized carbons (Fsp3) is 0.783. The van der Waals surface area contributed by atoms with Gasteiger partial charge in [-0.15, -0.1) is 0 Å². The van der Waals surface area contributed by atoms with Gasteiger partial charge in [0.25, 0.3) is 0 Å². The molecule has 0 radical (unpaired) electrons. The number of aliphatic hydroxyl groups is 2. The van der Waals surface area contributed by atoms with Gasteiger partial charge in [0.1, 0.15) is 0 Å². The summed E-state index contributed by atoms with van der Waals surface area (Å²) < 4.78 is 0. The molecule has 0 aliphatic heterocycles. The summed E-state index contributed by atoms with van der Waals surface area (Å²) in [4.78, 5) is 10.7. The molecule has 0 aromatic heterocycles. The molecular formula is C23H36O4. The summed E-state index contributed by atoms with van der Waals surface area (Å²) in [5.41, 5.74) is 1.44. The van der Waals surface area contributed by atoms with Crippen LogP contribution in [0.15, 0.2) is 23.8 Å². The number of aliphatic hydroxyl groups excluding tert-OH is 2. The Morgan fingerprint density at radius 1 is 1.33 bits per heavy atom. The smallest absolute Gasteiger partial charge is 0.303 e. The second-order valence-electron chi connectivity index (χ2n) is 9.18. The highest BCUT2D eigenvalue weighted by molar-refractivity contribution is 5.66. The molecule has 3 aliphatic carbocycles. The number of fused-ring (bicyclic) bond motifs is 1. The summed E-state index contributed by atoms with van der Waals surface area (Å²) >= 11 is 0. The summed E-state index contributed by atoms with van der Waals surface area (Å²) in [6.07, 6.45) is 15.3. The highest BCUT2D eigenvalue weighted by Crippen LogP contribution is 2.49. The number of aliphatic carboxylic acids is 1. The third kappa shape index (κ3) is 5.45. The van der Waals surface area contributed by atoms with Crippen LogP contribution in [-0.2, 0) is 4.79 Å². The Kier molecular flexibility index (Phi) is 7.16. The van der Waals surface area contributed by atoms with E-state index in [1.54, 1.807) is 0 Å². The van der Waals surface area contributed by atoms with Crippen molar-refractivity contribution in [3.05, 3.63) is 23.8 Å². The van der Waals surface area contributed by atoms with Gasteiger partial charge in [0.2, 0.25) is 0 Å². The van der Waals surface area contributed by atoms with E-state index in [0.717, 1.165) is 32.1 Å². The molecule has 0 heterocycles. The van der Waals surface area contributed by atoms with Gasteiger partial charge in [-0.25, -0.2) is 0 Å². The normalized spacial score (nSPS) is 33.4. The minimum absolute atomic E-state index is 0.133. The van der Waals surface area contributed by atoms with E-state index >= 15 is 0 Å². The predicted octanol–water partition coefficient (Wildman–Crippen LogP) is 4.32. The first-order valence-electron chi connectivity index (χ1n) is 10.9. The maximum atomic E-state index is 10.7. The van der Waals surface area contributed by atoms with Crippen molar-refractivity contribution < 1.29 is 20.1 Å². The van der Waals surface area contributed by atoms with Crippen LogP contribution in [0.5, 0.6) is 0 Å². The molecule has 0 aromatic carbocycles. The molecule has 4 heteroatoms. The van der Waals surface area contributed by atoms with E-state index in [1.807, 2.05) is 6.08 Å². The van der Waals surface area contributed by atoms with Crippen LogP contribution in [0.3, 0.4) is 0 Å². The van der Waals surface area contributed by atoms with Gasteiger partial charge in [-0.2, -0.15) is 0 Å². The number of carbonyl (C=O) groups is 1. The van der Waals surface area contributed by atoms with Gasteiger partial charge in [0, 0.05) is 12.3 Å². The molecule has 0 bridgehead atoms. The number of carboxylic acids is 1. The van der Waals surface area contributed by atoms with Crippen molar-refractivity contribution in [2.75, 3.05) is 0 Å². The van der Waals surface area contributed by atoms with Crippen molar-refractivity contribution in [1.29, 1.82) is 0 Å². The maximum Gasteiger partial charge on any atom is 0.303 e. The first kappa shape index (κ1) is 20.6. The van der Waals surface area contributed by atoms with Crippen LogP contribution >= 0.6 is 0 Å². The van der Waals surface area contributed by atoms with Gasteiger partial charge < -0.3 is 15.3 Å². The Morgan fingerprint density at radius 2 is 2.07 bits per heavy atom. The second kappa shape index (κ2) is 9.38. The Bertz CT molecular complexity index is 561. The molecule has 27 heavy (non-hydrogen) atoms. The molecule has 152 valence electrons. The van der Waals surface area contributed by atoms with Gasteiger partial charge in [-0.1, -0.05) is 56.4 Å². The van der Waals surface area contributed by atoms with Crippen LogP contribution < -0.4 is 0 Å². The van der Waals surface area contributed by atoms with Gasteiger partial charge >= 0.3 is 5.97 Å². The number of carboxylic acid groups (broad SMARTS) is 1. The number of hydrogen-bond acceptors (Lipinski definition) is 3. The standard InChI is InChI=1S/C23H36O4/c1-15(5-4-8-23(26)27)17-12-18-14-22(25)20(21(18)13-17)10-9-19(24)11-16-6-2-3-7-16/h9-10,12,15-16,18-22,24-25H,2-8,11,13-14H2,1H3,(H,26,27)/b10-9+/t15?,18?,19?,20-,21?,22-/m1/s1. The maximum absolute atomic E-state index is 10.7. The molecule has 2 saturated carbocycles. The molecular weight excluding hydrogens is 340 g/mol. The molecule has 6 atom stereocenters. The zero-order chi connectivity index (χ0) is 19.4. The lowest BCUT2D eigenvalue weighted by Gasteiger charge is -2.21. The lowest BCUT2D eigenvalue weighted by molar-refractivity contribution is -0.137. The Hall–Kier alpha value is -1.13. The van der Waals surface area contributed by atoms with E-state index in [-0.39, 0.29) is 24.5 Å². The molecule has 0 saturated heterocycles. The zero-order valence-corrected chi connectivity index (χ0v) is 16.6. The van der Waals surface area contributed by atoms with Crippen molar-refractivity contribution in [1.82, 2.24) is 0 Å². The Morgan fingerprint density at radius 3 is 2.78 bits per heavy atom. The molecule has 0 amide bonds. The molecule has 0 aromatic rings. The summed E-state index contributed by atoms with van der Waals surface area (Å²) in [6.45, 7) is 2.20. The first-order chi connectivity index (χ1) is 12.9. The average Bonchev–Trinajstić information content (AvgIpc) is 3.30. The van der Waals surface area contributed by atoms with Gasteiger partial charge in [0.05, 0.1) is 12.2 Å². The first-order valence-corrected chi connectivity index (χ1v) is 10.9. The minimum atomic E-state index is -0.719.